The number of hydrogen-bond acceptors (Lipinski definition) is 5. The van der Waals surface area contributed by atoms with Crippen LogP contribution in [0.5, 0.6) is 0 Å². The van der Waals surface area contributed by atoms with E-state index in [1.54, 1.807) is 17.7 Å². The van der Waals surface area contributed by atoms with Gasteiger partial charge in [-0.05, 0) is 71.8 Å². The van der Waals surface area contributed by atoms with E-state index in [4.69, 9.17) is 0 Å². The third-order valence-corrected chi connectivity index (χ3v) is 7.30. The molecule has 1 N–H and O–H groups in total. The van der Waals surface area contributed by atoms with E-state index < -0.39 is 0 Å². The highest BCUT2D eigenvalue weighted by atomic mass is 79.9. The minimum absolute atomic E-state index is 0.0320. The van der Waals surface area contributed by atoms with Crippen LogP contribution in [0.2, 0.25) is 0 Å². The van der Waals surface area contributed by atoms with Crippen LogP contribution in [-0.4, -0.2) is 21.6 Å². The van der Waals surface area contributed by atoms with Gasteiger partial charge in [0.1, 0.15) is 16.2 Å². The number of carbonyl (C=O) groups is 1. The molecular weight excluding hydrogens is 430 g/mol. The molecule has 4 rings (SSSR count). The minimum atomic E-state index is -0.0320. The Kier molecular flexibility index (Phi) is 5.29. The monoisotopic (exact) mass is 447 g/mol. The van der Waals surface area contributed by atoms with Gasteiger partial charge in [-0.1, -0.05) is 17.8 Å². The number of nitrogens with one attached hydrogen (secondary N) is 1. The van der Waals surface area contributed by atoms with Crippen molar-refractivity contribution in [2.24, 2.45) is 0 Å². The Morgan fingerprint density at radius 2 is 2.15 bits per heavy atom. The van der Waals surface area contributed by atoms with E-state index in [0.29, 0.717) is 5.75 Å². The Morgan fingerprint density at radius 3 is 3.00 bits per heavy atom. The number of aromatic nitrogens is 2. The van der Waals surface area contributed by atoms with Gasteiger partial charge in [-0.2, -0.15) is 0 Å². The molecule has 0 saturated heterocycles. The number of amides is 1. The number of halogens is 1. The van der Waals surface area contributed by atoms with E-state index in [0.717, 1.165) is 38.4 Å². The van der Waals surface area contributed by atoms with Crippen molar-refractivity contribution < 1.29 is 4.79 Å². The summed E-state index contributed by atoms with van der Waals surface area (Å²) in [6.45, 7) is 2.02. The second-order valence-electron chi connectivity index (χ2n) is 6.39. The predicted molar refractivity (Wildman–Crippen MR) is 112 cm³/mol. The number of carbonyl (C=O) groups excluding carboxylic acids is 1. The third kappa shape index (κ3) is 3.66. The fraction of sp³-hybridized carbons (Fsp3) is 0.316. The molecule has 1 amide bonds. The fourth-order valence-electron chi connectivity index (χ4n) is 3.21. The molecular formula is C19H18BrN3OS2. The maximum atomic E-state index is 12.4. The van der Waals surface area contributed by atoms with E-state index in [1.807, 2.05) is 25.1 Å². The number of aryl methyl sites for hydroxylation is 3. The lowest BCUT2D eigenvalue weighted by Crippen LogP contribution is -2.14. The first-order valence-electron chi connectivity index (χ1n) is 8.56. The van der Waals surface area contributed by atoms with Gasteiger partial charge in [0, 0.05) is 14.7 Å². The summed E-state index contributed by atoms with van der Waals surface area (Å²) in [5.74, 6) is 0.298. The topological polar surface area (TPSA) is 54.9 Å². The molecule has 134 valence electrons. The Labute approximate surface area is 169 Å². The van der Waals surface area contributed by atoms with Gasteiger partial charge >= 0.3 is 0 Å². The van der Waals surface area contributed by atoms with Crippen LogP contribution in [-0.2, 0) is 17.6 Å². The van der Waals surface area contributed by atoms with Crippen molar-refractivity contribution >= 4 is 60.8 Å². The lowest BCUT2D eigenvalue weighted by molar-refractivity contribution is -0.113. The predicted octanol–water partition coefficient (Wildman–Crippen LogP) is 5.37. The summed E-state index contributed by atoms with van der Waals surface area (Å²) in [5, 5.41) is 5.06. The first kappa shape index (κ1) is 17.9. The van der Waals surface area contributed by atoms with Crippen LogP contribution in [0.15, 0.2) is 34.0 Å². The fourth-order valence-corrected chi connectivity index (χ4v) is 5.92. The van der Waals surface area contributed by atoms with E-state index >= 15 is 0 Å². The number of thioether (sulfide) groups is 1. The van der Waals surface area contributed by atoms with Gasteiger partial charge in [-0.3, -0.25) is 4.79 Å². The highest BCUT2D eigenvalue weighted by Gasteiger charge is 2.20. The van der Waals surface area contributed by atoms with Crippen LogP contribution in [0.25, 0.3) is 10.2 Å². The molecule has 2 heterocycles. The van der Waals surface area contributed by atoms with Crippen LogP contribution < -0.4 is 5.32 Å². The van der Waals surface area contributed by atoms with Gasteiger partial charge in [0.05, 0.1) is 11.4 Å². The molecule has 0 atom stereocenters. The van der Waals surface area contributed by atoms with Crippen molar-refractivity contribution in [2.75, 3.05) is 11.1 Å². The average molecular weight is 448 g/mol. The summed E-state index contributed by atoms with van der Waals surface area (Å²) in [6, 6.07) is 5.90. The molecule has 1 aliphatic carbocycles. The summed E-state index contributed by atoms with van der Waals surface area (Å²) in [4.78, 5) is 23.8. The molecule has 0 spiro atoms. The maximum absolute atomic E-state index is 12.4. The van der Waals surface area contributed by atoms with Crippen LogP contribution in [0.4, 0.5) is 5.69 Å². The van der Waals surface area contributed by atoms with Gasteiger partial charge in [0.2, 0.25) is 5.91 Å². The normalized spacial score (nSPS) is 13.6. The number of nitrogens with zero attached hydrogens (tertiary/aromatic N) is 2. The summed E-state index contributed by atoms with van der Waals surface area (Å²) in [7, 11) is 0. The average Bonchev–Trinajstić information content (AvgIpc) is 3.01. The Bertz CT molecular complexity index is 986. The van der Waals surface area contributed by atoms with Crippen LogP contribution in [0.1, 0.15) is 28.8 Å². The second-order valence-corrected chi connectivity index (χ2v) is 9.29. The minimum Gasteiger partial charge on any atom is -0.324 e. The van der Waals surface area contributed by atoms with Gasteiger partial charge in [0.15, 0.2) is 0 Å². The lowest BCUT2D eigenvalue weighted by atomic mass is 9.97. The largest absolute Gasteiger partial charge is 0.324 e. The van der Waals surface area contributed by atoms with E-state index in [1.165, 1.54) is 40.4 Å². The molecule has 7 heteroatoms. The van der Waals surface area contributed by atoms with Crippen LogP contribution >= 0.6 is 39.0 Å². The lowest BCUT2D eigenvalue weighted by Gasteiger charge is -2.11. The number of hydrogen-bond donors (Lipinski definition) is 1. The zero-order chi connectivity index (χ0) is 18.1. The van der Waals surface area contributed by atoms with Gasteiger partial charge in [-0.25, -0.2) is 9.97 Å². The number of thiophene rings is 1. The van der Waals surface area contributed by atoms with Crippen molar-refractivity contribution in [1.29, 1.82) is 0 Å². The number of fused-ring (bicyclic) bond motifs is 3. The third-order valence-electron chi connectivity index (χ3n) is 4.46. The van der Waals surface area contributed by atoms with Crippen molar-refractivity contribution in [3.05, 3.63) is 45.0 Å². The Morgan fingerprint density at radius 1 is 1.31 bits per heavy atom. The van der Waals surface area contributed by atoms with E-state index in [-0.39, 0.29) is 5.91 Å². The SMILES string of the molecule is Cc1ccc(NC(=O)CSc2ncnc3sc4c(c23)CCCC4)c(Br)c1. The van der Waals surface area contributed by atoms with Gasteiger partial charge in [0.25, 0.3) is 0 Å². The van der Waals surface area contributed by atoms with Crippen molar-refractivity contribution in [3.63, 3.8) is 0 Å². The highest BCUT2D eigenvalue weighted by molar-refractivity contribution is 9.10. The molecule has 0 radical (unpaired) electrons. The Hall–Kier alpha value is -1.44. The smallest absolute Gasteiger partial charge is 0.234 e. The van der Waals surface area contributed by atoms with Crippen molar-refractivity contribution in [2.45, 2.75) is 37.6 Å². The molecule has 0 unspecified atom stereocenters. The first-order valence-corrected chi connectivity index (χ1v) is 11.2. The number of anilines is 1. The summed E-state index contributed by atoms with van der Waals surface area (Å²) >= 11 is 6.77. The summed E-state index contributed by atoms with van der Waals surface area (Å²) in [5.41, 5.74) is 3.35. The van der Waals surface area contributed by atoms with Crippen molar-refractivity contribution in [3.8, 4) is 0 Å². The number of benzene rings is 1. The molecule has 0 fully saturated rings. The molecule has 0 saturated carbocycles. The zero-order valence-corrected chi connectivity index (χ0v) is 17.6. The maximum Gasteiger partial charge on any atom is 0.234 e. The van der Waals surface area contributed by atoms with E-state index in [2.05, 4.69) is 31.2 Å². The van der Waals surface area contributed by atoms with E-state index in [9.17, 15) is 4.79 Å². The molecule has 0 bridgehead atoms. The van der Waals surface area contributed by atoms with Crippen LogP contribution in [0, 0.1) is 6.92 Å². The quantitative estimate of drug-likeness (QED) is 0.431. The molecule has 3 aromatic rings. The summed E-state index contributed by atoms with van der Waals surface area (Å²) < 4.78 is 0.896. The first-order chi connectivity index (χ1) is 12.6. The molecule has 4 nitrogen and oxygen atoms in total. The standard InChI is InChI=1S/C19H18BrN3OS2/c1-11-6-7-14(13(20)8-11)23-16(24)9-25-18-17-12-4-2-3-5-15(12)26-19(17)22-10-21-18/h6-8,10H,2-5,9H2,1H3,(H,23,24). The summed E-state index contributed by atoms with van der Waals surface area (Å²) in [6.07, 6.45) is 6.32. The molecule has 26 heavy (non-hydrogen) atoms. The van der Waals surface area contributed by atoms with Crippen LogP contribution in [0.3, 0.4) is 0 Å². The highest BCUT2D eigenvalue weighted by Crippen LogP contribution is 2.39. The molecule has 1 aromatic carbocycles. The number of rotatable bonds is 4. The van der Waals surface area contributed by atoms with Gasteiger partial charge in [-0.15, -0.1) is 11.3 Å². The van der Waals surface area contributed by atoms with Crippen molar-refractivity contribution in [1.82, 2.24) is 9.97 Å². The molecule has 1 aliphatic rings. The molecule has 0 aliphatic heterocycles. The van der Waals surface area contributed by atoms with Gasteiger partial charge < -0.3 is 5.32 Å². The Balaban J connectivity index is 1.51. The molecule has 2 aromatic heterocycles. The second kappa shape index (κ2) is 7.66. The zero-order valence-electron chi connectivity index (χ0n) is 14.3.